The van der Waals surface area contributed by atoms with E-state index in [0.717, 1.165) is 22.4 Å². The first-order valence-corrected chi connectivity index (χ1v) is 10.7. The van der Waals surface area contributed by atoms with Crippen molar-refractivity contribution in [3.8, 4) is 17.2 Å². The number of nitrogens with zero attached hydrogens (tertiary/aromatic N) is 1. The highest BCUT2D eigenvalue weighted by Crippen LogP contribution is 2.30. The van der Waals surface area contributed by atoms with Crippen molar-refractivity contribution in [3.63, 3.8) is 0 Å². The zero-order valence-electron chi connectivity index (χ0n) is 18.1. The Hall–Kier alpha value is -4.38. The third-order valence-electron chi connectivity index (χ3n) is 5.50. The van der Waals surface area contributed by atoms with E-state index in [9.17, 15) is 4.79 Å². The number of anilines is 1. The minimum atomic E-state index is -0.423. The van der Waals surface area contributed by atoms with Gasteiger partial charge in [0.1, 0.15) is 11.3 Å². The van der Waals surface area contributed by atoms with Crippen LogP contribution in [0.3, 0.4) is 0 Å². The van der Waals surface area contributed by atoms with Crippen LogP contribution in [-0.2, 0) is 4.79 Å². The summed E-state index contributed by atoms with van der Waals surface area (Å²) in [5.41, 5.74) is 4.67. The Morgan fingerprint density at radius 3 is 2.21 bits per heavy atom. The van der Waals surface area contributed by atoms with Crippen LogP contribution in [0, 0.1) is 0 Å². The number of aromatic nitrogens is 1. The average Bonchev–Trinajstić information content (AvgIpc) is 3.29. The molecule has 1 aromatic heterocycles. The van der Waals surface area contributed by atoms with E-state index in [2.05, 4.69) is 10.3 Å². The lowest BCUT2D eigenvalue weighted by Gasteiger charge is -2.18. The number of ether oxygens (including phenoxy) is 1. The van der Waals surface area contributed by atoms with E-state index >= 15 is 0 Å². The number of fused-ring (bicyclic) bond motifs is 1. The van der Waals surface area contributed by atoms with Gasteiger partial charge in [0.05, 0.1) is 13.0 Å². The highest BCUT2D eigenvalue weighted by atomic mass is 16.5. The first-order chi connectivity index (χ1) is 16.2. The van der Waals surface area contributed by atoms with Gasteiger partial charge in [-0.1, -0.05) is 66.7 Å². The number of nitrogens with one attached hydrogen (secondary N) is 1. The minimum Gasteiger partial charge on any atom is -0.497 e. The van der Waals surface area contributed by atoms with Gasteiger partial charge in [-0.3, -0.25) is 4.79 Å². The van der Waals surface area contributed by atoms with Crippen molar-refractivity contribution in [1.82, 2.24) is 4.98 Å². The minimum absolute atomic E-state index is 0.108. The molecule has 0 bridgehead atoms. The van der Waals surface area contributed by atoms with Crippen molar-refractivity contribution in [2.75, 3.05) is 12.4 Å². The molecule has 0 atom stereocenters. The molecule has 0 aliphatic rings. The molecular formula is C28H22N2O3. The van der Waals surface area contributed by atoms with Crippen molar-refractivity contribution in [2.45, 2.75) is 5.92 Å². The Bertz CT molecular complexity index is 1360. The van der Waals surface area contributed by atoms with E-state index in [1.165, 1.54) is 0 Å². The van der Waals surface area contributed by atoms with Crippen LogP contribution < -0.4 is 10.1 Å². The lowest BCUT2D eigenvalue weighted by Crippen LogP contribution is -2.22. The van der Waals surface area contributed by atoms with E-state index in [1.807, 2.05) is 103 Å². The summed E-state index contributed by atoms with van der Waals surface area (Å²) in [6.07, 6.45) is 0. The lowest BCUT2D eigenvalue weighted by atomic mass is 9.90. The number of carbonyl (C=O) groups excluding carboxylic acids is 1. The molecule has 0 radical (unpaired) electrons. The van der Waals surface area contributed by atoms with Crippen molar-refractivity contribution in [3.05, 3.63) is 114 Å². The van der Waals surface area contributed by atoms with Crippen molar-refractivity contribution < 1.29 is 13.9 Å². The molecule has 5 heteroatoms. The fourth-order valence-corrected chi connectivity index (χ4v) is 3.89. The van der Waals surface area contributed by atoms with Crippen LogP contribution in [0.15, 0.2) is 108 Å². The molecular weight excluding hydrogens is 412 g/mol. The smallest absolute Gasteiger partial charge is 0.236 e. The Kier molecular flexibility index (Phi) is 5.60. The second kappa shape index (κ2) is 9.01. The Morgan fingerprint density at radius 2 is 1.55 bits per heavy atom. The van der Waals surface area contributed by atoms with Gasteiger partial charge in [0.15, 0.2) is 5.58 Å². The summed E-state index contributed by atoms with van der Waals surface area (Å²) >= 11 is 0. The van der Waals surface area contributed by atoms with E-state index in [1.54, 1.807) is 7.11 Å². The third kappa shape index (κ3) is 4.34. The molecule has 0 spiro atoms. The monoisotopic (exact) mass is 434 g/mol. The number of methoxy groups -OCH3 is 1. The van der Waals surface area contributed by atoms with E-state index in [-0.39, 0.29) is 5.91 Å². The number of hydrogen-bond donors (Lipinski definition) is 1. The number of amides is 1. The quantitative estimate of drug-likeness (QED) is 0.342. The van der Waals surface area contributed by atoms with Crippen LogP contribution in [0.2, 0.25) is 0 Å². The molecule has 4 aromatic carbocycles. The second-order valence-electron chi connectivity index (χ2n) is 7.68. The molecule has 0 aliphatic carbocycles. The molecule has 0 unspecified atom stereocenters. The summed E-state index contributed by atoms with van der Waals surface area (Å²) in [6.45, 7) is 0. The SMILES string of the molecule is COc1cccc(-c2nc3cc(NC(=O)C(c4ccccc4)c4ccccc4)ccc3o2)c1. The van der Waals surface area contributed by atoms with E-state index in [0.29, 0.717) is 22.7 Å². The van der Waals surface area contributed by atoms with Gasteiger partial charge in [-0.05, 0) is 47.5 Å². The second-order valence-corrected chi connectivity index (χ2v) is 7.68. The molecule has 5 nitrogen and oxygen atoms in total. The maximum atomic E-state index is 13.4. The number of hydrogen-bond acceptors (Lipinski definition) is 4. The van der Waals surface area contributed by atoms with Gasteiger partial charge in [-0.2, -0.15) is 0 Å². The highest BCUT2D eigenvalue weighted by molar-refractivity contribution is 5.99. The first-order valence-electron chi connectivity index (χ1n) is 10.7. The molecule has 33 heavy (non-hydrogen) atoms. The topological polar surface area (TPSA) is 64.4 Å². The number of benzene rings is 4. The van der Waals surface area contributed by atoms with Crippen molar-refractivity contribution >= 4 is 22.7 Å². The van der Waals surface area contributed by atoms with Crippen molar-refractivity contribution in [2.24, 2.45) is 0 Å². The molecule has 0 saturated carbocycles. The summed E-state index contributed by atoms with van der Waals surface area (Å²) in [5.74, 6) is 0.699. The Morgan fingerprint density at radius 1 is 0.848 bits per heavy atom. The normalized spacial score (nSPS) is 11.0. The first kappa shape index (κ1) is 20.5. The highest BCUT2D eigenvalue weighted by Gasteiger charge is 2.23. The van der Waals surface area contributed by atoms with Gasteiger partial charge in [-0.15, -0.1) is 0 Å². The zero-order valence-corrected chi connectivity index (χ0v) is 18.1. The van der Waals surface area contributed by atoms with Gasteiger partial charge in [0.2, 0.25) is 11.8 Å². The standard InChI is InChI=1S/C28H22N2O3/c1-32-23-14-8-13-21(17-23)28-30-24-18-22(15-16-25(24)33-28)29-27(31)26(19-9-4-2-5-10-19)20-11-6-3-7-12-20/h2-18,26H,1H3,(H,29,31). The molecule has 0 saturated heterocycles. The fraction of sp³-hybridized carbons (Fsp3) is 0.0714. The van der Waals surface area contributed by atoms with Crippen LogP contribution in [0.1, 0.15) is 17.0 Å². The Labute approximate surface area is 191 Å². The van der Waals surface area contributed by atoms with Crippen LogP contribution >= 0.6 is 0 Å². The van der Waals surface area contributed by atoms with Crippen LogP contribution in [0.25, 0.3) is 22.6 Å². The fourth-order valence-electron chi connectivity index (χ4n) is 3.89. The number of rotatable bonds is 6. The van der Waals surface area contributed by atoms with Crippen molar-refractivity contribution in [1.29, 1.82) is 0 Å². The zero-order chi connectivity index (χ0) is 22.6. The molecule has 0 aliphatic heterocycles. The lowest BCUT2D eigenvalue weighted by molar-refractivity contribution is -0.116. The average molecular weight is 434 g/mol. The van der Waals surface area contributed by atoms with E-state index in [4.69, 9.17) is 9.15 Å². The maximum Gasteiger partial charge on any atom is 0.236 e. The molecule has 5 rings (SSSR count). The van der Waals surface area contributed by atoms with Crippen LogP contribution in [0.5, 0.6) is 5.75 Å². The summed E-state index contributed by atoms with van der Waals surface area (Å²) in [5, 5.41) is 3.06. The predicted molar refractivity (Wildman–Crippen MR) is 129 cm³/mol. The summed E-state index contributed by atoms with van der Waals surface area (Å²) in [6, 6.07) is 32.6. The molecule has 5 aromatic rings. The van der Waals surface area contributed by atoms with Gasteiger partial charge in [-0.25, -0.2) is 4.98 Å². The summed E-state index contributed by atoms with van der Waals surface area (Å²) in [4.78, 5) is 18.0. The summed E-state index contributed by atoms with van der Waals surface area (Å²) < 4.78 is 11.2. The van der Waals surface area contributed by atoms with Gasteiger partial charge in [0, 0.05) is 11.3 Å². The number of carbonyl (C=O) groups is 1. The molecule has 0 fully saturated rings. The number of oxazole rings is 1. The van der Waals surface area contributed by atoms with Gasteiger partial charge < -0.3 is 14.5 Å². The molecule has 1 amide bonds. The maximum absolute atomic E-state index is 13.4. The van der Waals surface area contributed by atoms with Gasteiger partial charge in [0.25, 0.3) is 0 Å². The summed E-state index contributed by atoms with van der Waals surface area (Å²) in [7, 11) is 1.62. The Balaban J connectivity index is 1.44. The largest absolute Gasteiger partial charge is 0.497 e. The molecule has 162 valence electrons. The van der Waals surface area contributed by atoms with E-state index < -0.39 is 5.92 Å². The van der Waals surface area contributed by atoms with Crippen LogP contribution in [-0.4, -0.2) is 18.0 Å². The molecule has 1 heterocycles. The predicted octanol–water partition coefficient (Wildman–Crippen LogP) is 6.27. The molecule has 1 N–H and O–H groups in total. The van der Waals surface area contributed by atoms with Gasteiger partial charge >= 0.3 is 0 Å². The van der Waals surface area contributed by atoms with Crippen LogP contribution in [0.4, 0.5) is 5.69 Å². The third-order valence-corrected chi connectivity index (χ3v) is 5.50.